The Bertz CT molecular complexity index is 1010. The summed E-state index contributed by atoms with van der Waals surface area (Å²) in [6.07, 6.45) is 2.79. The standard InChI is InChI=1S/C27H33N3O3/c1-20-11-12-23(19-21(20)2)30-14-13-24(27(30)33)26(32)29-17-15-28(16-18-29)25(31)10-6-9-22-7-4-3-5-8-22/h3-5,7-8,11-12,19,24H,6,9-10,13-18H2,1-2H3. The second kappa shape index (κ2) is 10.2. The van der Waals surface area contributed by atoms with Gasteiger partial charge in [-0.2, -0.15) is 0 Å². The van der Waals surface area contributed by atoms with Crippen LogP contribution >= 0.6 is 0 Å². The molecule has 2 aromatic carbocycles. The average Bonchev–Trinajstić information content (AvgIpc) is 3.22. The summed E-state index contributed by atoms with van der Waals surface area (Å²) in [7, 11) is 0. The summed E-state index contributed by atoms with van der Waals surface area (Å²) < 4.78 is 0. The Kier molecular flexibility index (Phi) is 7.11. The van der Waals surface area contributed by atoms with E-state index in [1.54, 1.807) is 9.80 Å². The van der Waals surface area contributed by atoms with Gasteiger partial charge in [-0.3, -0.25) is 14.4 Å². The normalized spacial score (nSPS) is 18.7. The van der Waals surface area contributed by atoms with Gasteiger partial charge in [-0.25, -0.2) is 0 Å². The number of carbonyl (C=O) groups excluding carboxylic acids is 3. The Hall–Kier alpha value is -3.15. The lowest BCUT2D eigenvalue weighted by Gasteiger charge is -2.35. The molecule has 1 atom stereocenters. The molecule has 6 heteroatoms. The quantitative estimate of drug-likeness (QED) is 0.638. The summed E-state index contributed by atoms with van der Waals surface area (Å²) in [5, 5.41) is 0. The van der Waals surface area contributed by atoms with Gasteiger partial charge in [0.15, 0.2) is 0 Å². The van der Waals surface area contributed by atoms with Crippen LogP contribution in [0.5, 0.6) is 0 Å². The lowest BCUT2D eigenvalue weighted by molar-refractivity contribution is -0.144. The van der Waals surface area contributed by atoms with E-state index in [0.29, 0.717) is 45.6 Å². The van der Waals surface area contributed by atoms with Crippen molar-refractivity contribution in [2.75, 3.05) is 37.6 Å². The van der Waals surface area contributed by atoms with Crippen molar-refractivity contribution in [3.8, 4) is 0 Å². The van der Waals surface area contributed by atoms with Crippen molar-refractivity contribution >= 4 is 23.4 Å². The summed E-state index contributed by atoms with van der Waals surface area (Å²) in [4.78, 5) is 44.0. The van der Waals surface area contributed by atoms with Gasteiger partial charge >= 0.3 is 0 Å². The highest BCUT2D eigenvalue weighted by Crippen LogP contribution is 2.28. The molecular formula is C27H33N3O3. The van der Waals surface area contributed by atoms with Crippen LogP contribution in [0.15, 0.2) is 48.5 Å². The molecule has 0 bridgehead atoms. The van der Waals surface area contributed by atoms with Gasteiger partial charge < -0.3 is 14.7 Å². The molecule has 0 aromatic heterocycles. The second-order valence-electron chi connectivity index (χ2n) is 9.14. The molecule has 0 spiro atoms. The third-order valence-electron chi connectivity index (χ3n) is 6.95. The largest absolute Gasteiger partial charge is 0.339 e. The number of hydrogen-bond acceptors (Lipinski definition) is 3. The van der Waals surface area contributed by atoms with Crippen LogP contribution in [0.4, 0.5) is 5.69 Å². The molecule has 0 saturated carbocycles. The van der Waals surface area contributed by atoms with Crippen molar-refractivity contribution < 1.29 is 14.4 Å². The number of carbonyl (C=O) groups is 3. The monoisotopic (exact) mass is 447 g/mol. The van der Waals surface area contributed by atoms with Gasteiger partial charge in [-0.05, 0) is 61.9 Å². The van der Waals surface area contributed by atoms with Crippen LogP contribution in [0, 0.1) is 19.8 Å². The van der Waals surface area contributed by atoms with Crippen molar-refractivity contribution in [3.05, 3.63) is 65.2 Å². The molecule has 2 saturated heterocycles. The van der Waals surface area contributed by atoms with Crippen LogP contribution in [0.1, 0.15) is 36.0 Å². The number of benzene rings is 2. The maximum Gasteiger partial charge on any atom is 0.239 e. The molecule has 0 N–H and O–H groups in total. The zero-order chi connectivity index (χ0) is 23.4. The van der Waals surface area contributed by atoms with Gasteiger partial charge in [0.2, 0.25) is 17.7 Å². The van der Waals surface area contributed by atoms with Gasteiger partial charge in [0.25, 0.3) is 0 Å². The molecule has 2 aliphatic heterocycles. The van der Waals surface area contributed by atoms with E-state index in [1.807, 2.05) is 55.1 Å². The number of anilines is 1. The first kappa shape index (κ1) is 23.0. The molecule has 3 amide bonds. The van der Waals surface area contributed by atoms with E-state index < -0.39 is 5.92 Å². The number of aryl methyl sites for hydroxylation is 3. The van der Waals surface area contributed by atoms with Crippen LogP contribution in [0.2, 0.25) is 0 Å². The molecular weight excluding hydrogens is 414 g/mol. The van der Waals surface area contributed by atoms with Gasteiger partial charge in [0.05, 0.1) is 0 Å². The minimum absolute atomic E-state index is 0.0949. The molecule has 2 aliphatic rings. The zero-order valence-corrected chi connectivity index (χ0v) is 19.6. The zero-order valence-electron chi connectivity index (χ0n) is 19.6. The Labute approximate surface area is 196 Å². The Morgan fingerprint density at radius 2 is 1.58 bits per heavy atom. The van der Waals surface area contributed by atoms with Gasteiger partial charge in [-0.1, -0.05) is 36.4 Å². The first-order valence-corrected chi connectivity index (χ1v) is 11.9. The maximum atomic E-state index is 13.1. The first-order valence-electron chi connectivity index (χ1n) is 11.9. The van der Waals surface area contributed by atoms with Crippen LogP contribution < -0.4 is 4.90 Å². The molecule has 0 radical (unpaired) electrons. The molecule has 1 unspecified atom stereocenters. The maximum absolute atomic E-state index is 13.1. The predicted octanol–water partition coefficient (Wildman–Crippen LogP) is 3.35. The highest BCUT2D eigenvalue weighted by molar-refractivity contribution is 6.09. The van der Waals surface area contributed by atoms with Gasteiger partial charge in [-0.15, -0.1) is 0 Å². The summed E-state index contributed by atoms with van der Waals surface area (Å²) >= 11 is 0. The van der Waals surface area contributed by atoms with E-state index in [4.69, 9.17) is 0 Å². The first-order chi connectivity index (χ1) is 15.9. The van der Waals surface area contributed by atoms with Crippen LogP contribution in [-0.4, -0.2) is 60.2 Å². The van der Waals surface area contributed by atoms with Crippen molar-refractivity contribution in [3.63, 3.8) is 0 Å². The van der Waals surface area contributed by atoms with Gasteiger partial charge in [0, 0.05) is 44.8 Å². The predicted molar refractivity (Wildman–Crippen MR) is 129 cm³/mol. The summed E-state index contributed by atoms with van der Waals surface area (Å²) in [6.45, 7) is 6.72. The number of hydrogen-bond donors (Lipinski definition) is 0. The van der Waals surface area contributed by atoms with E-state index in [1.165, 1.54) is 11.1 Å². The Balaban J connectivity index is 1.25. The van der Waals surface area contributed by atoms with Gasteiger partial charge in [0.1, 0.15) is 5.92 Å². The van der Waals surface area contributed by atoms with Crippen LogP contribution in [0.3, 0.4) is 0 Å². The SMILES string of the molecule is Cc1ccc(N2CCC(C(=O)N3CCN(C(=O)CCCc4ccccc4)CC3)C2=O)cc1C. The minimum Gasteiger partial charge on any atom is -0.339 e. The molecule has 0 aliphatic carbocycles. The van der Waals surface area contributed by atoms with E-state index in [9.17, 15) is 14.4 Å². The van der Waals surface area contributed by atoms with E-state index in [2.05, 4.69) is 12.1 Å². The molecule has 4 rings (SSSR count). The van der Waals surface area contributed by atoms with E-state index >= 15 is 0 Å². The van der Waals surface area contributed by atoms with Crippen molar-refractivity contribution in [2.24, 2.45) is 5.92 Å². The van der Waals surface area contributed by atoms with Crippen molar-refractivity contribution in [1.82, 2.24) is 9.80 Å². The highest BCUT2D eigenvalue weighted by Gasteiger charge is 2.40. The molecule has 2 heterocycles. The van der Waals surface area contributed by atoms with E-state index in [-0.39, 0.29) is 17.7 Å². The summed E-state index contributed by atoms with van der Waals surface area (Å²) in [5.41, 5.74) is 4.44. The number of amides is 3. The average molecular weight is 448 g/mol. The topological polar surface area (TPSA) is 60.9 Å². The minimum atomic E-state index is -0.611. The van der Waals surface area contributed by atoms with Crippen LogP contribution in [0.25, 0.3) is 0 Å². The number of piperazine rings is 1. The van der Waals surface area contributed by atoms with Crippen LogP contribution in [-0.2, 0) is 20.8 Å². The van der Waals surface area contributed by atoms with Crippen molar-refractivity contribution in [2.45, 2.75) is 39.5 Å². The fraction of sp³-hybridized carbons (Fsp3) is 0.444. The molecule has 2 fully saturated rings. The molecule has 174 valence electrons. The fourth-order valence-corrected chi connectivity index (χ4v) is 4.70. The Morgan fingerprint density at radius 1 is 0.879 bits per heavy atom. The Morgan fingerprint density at radius 3 is 2.27 bits per heavy atom. The molecule has 33 heavy (non-hydrogen) atoms. The summed E-state index contributed by atoms with van der Waals surface area (Å²) in [6, 6.07) is 16.2. The third kappa shape index (κ3) is 5.27. The lowest BCUT2D eigenvalue weighted by Crippen LogP contribution is -2.52. The molecule has 2 aromatic rings. The fourth-order valence-electron chi connectivity index (χ4n) is 4.70. The highest BCUT2D eigenvalue weighted by atomic mass is 16.2. The summed E-state index contributed by atoms with van der Waals surface area (Å²) in [5.74, 6) is -0.666. The van der Waals surface area contributed by atoms with E-state index in [0.717, 1.165) is 24.1 Å². The molecule has 6 nitrogen and oxygen atoms in total. The lowest BCUT2D eigenvalue weighted by atomic mass is 10.1. The third-order valence-corrected chi connectivity index (χ3v) is 6.95. The smallest absolute Gasteiger partial charge is 0.239 e. The van der Waals surface area contributed by atoms with Crippen molar-refractivity contribution in [1.29, 1.82) is 0 Å². The number of nitrogens with zero attached hydrogens (tertiary/aromatic N) is 3. The number of rotatable bonds is 6. The second-order valence-corrected chi connectivity index (χ2v) is 9.14.